The Hall–Kier alpha value is -2.35. The van der Waals surface area contributed by atoms with E-state index in [1.54, 1.807) is 12.1 Å². The lowest BCUT2D eigenvalue weighted by molar-refractivity contribution is -0.139. The molecule has 1 unspecified atom stereocenters. The molecule has 7 nitrogen and oxygen atoms in total. The highest BCUT2D eigenvalue weighted by Crippen LogP contribution is 2.21. The summed E-state index contributed by atoms with van der Waals surface area (Å²) in [4.78, 5) is 29.2. The van der Waals surface area contributed by atoms with E-state index in [-0.39, 0.29) is 12.6 Å². The van der Waals surface area contributed by atoms with E-state index in [4.69, 9.17) is 11.6 Å². The maximum absolute atomic E-state index is 12.3. The van der Waals surface area contributed by atoms with Crippen molar-refractivity contribution in [2.24, 2.45) is 7.05 Å². The number of hydrogen-bond donors (Lipinski definition) is 2. The number of nitrogens with zero attached hydrogens (tertiary/aromatic N) is 3. The van der Waals surface area contributed by atoms with Gasteiger partial charge in [-0.05, 0) is 36.9 Å². The van der Waals surface area contributed by atoms with Crippen LogP contribution in [0, 0.1) is 0 Å². The Morgan fingerprint density at radius 1 is 1.00 bits per heavy atom. The van der Waals surface area contributed by atoms with E-state index in [2.05, 4.69) is 38.1 Å². The molecule has 2 N–H and O–H groups in total. The van der Waals surface area contributed by atoms with E-state index in [9.17, 15) is 9.59 Å². The number of carbonyl (C=O) groups is 2. The summed E-state index contributed by atoms with van der Waals surface area (Å²) in [5.74, 6) is -1.25. The number of piperazine rings is 1. The molecule has 29 heavy (non-hydrogen) atoms. The maximum atomic E-state index is 12.3. The highest BCUT2D eigenvalue weighted by molar-refractivity contribution is 6.35. The first-order valence-electron chi connectivity index (χ1n) is 9.78. The molecule has 1 atom stereocenters. The molecule has 1 aliphatic rings. The normalized spacial score (nSPS) is 16.4. The number of nitrogens with one attached hydrogen (secondary N) is 2. The third-order valence-electron chi connectivity index (χ3n) is 5.33. The molecule has 1 aromatic heterocycles. The average Bonchev–Trinajstić information content (AvgIpc) is 3.14. The molecule has 1 aromatic carbocycles. The number of aryl methyl sites for hydroxylation is 1. The van der Waals surface area contributed by atoms with Crippen LogP contribution in [-0.4, -0.2) is 66.0 Å². The van der Waals surface area contributed by atoms with Crippen molar-refractivity contribution in [3.05, 3.63) is 58.9 Å². The number of carbonyl (C=O) groups excluding carboxylic acids is 2. The van der Waals surface area contributed by atoms with Crippen molar-refractivity contribution in [1.82, 2.24) is 25.0 Å². The van der Waals surface area contributed by atoms with Crippen molar-refractivity contribution in [3.63, 3.8) is 0 Å². The molecule has 1 saturated heterocycles. The molecule has 2 heterocycles. The van der Waals surface area contributed by atoms with E-state index in [0.717, 1.165) is 37.4 Å². The zero-order chi connectivity index (χ0) is 20.8. The molecule has 2 aromatic rings. The van der Waals surface area contributed by atoms with Crippen LogP contribution in [0.15, 0.2) is 42.6 Å². The number of amides is 2. The molecular formula is C21H28ClN5O2. The molecule has 0 aliphatic carbocycles. The van der Waals surface area contributed by atoms with Gasteiger partial charge in [0.2, 0.25) is 0 Å². The number of benzene rings is 1. The first-order valence-corrected chi connectivity index (χ1v) is 10.2. The molecule has 0 bridgehead atoms. The smallest absolute Gasteiger partial charge is 0.309 e. The van der Waals surface area contributed by atoms with Crippen molar-refractivity contribution in [2.45, 2.75) is 12.6 Å². The minimum absolute atomic E-state index is 0.0247. The zero-order valence-corrected chi connectivity index (χ0v) is 17.7. The molecule has 3 rings (SSSR count). The number of likely N-dealkylation sites (N-methyl/N-ethyl adjacent to an activating group) is 1. The average molecular weight is 418 g/mol. The number of rotatable bonds is 6. The van der Waals surface area contributed by atoms with Gasteiger partial charge in [-0.3, -0.25) is 14.5 Å². The van der Waals surface area contributed by atoms with Gasteiger partial charge < -0.3 is 20.1 Å². The Labute approximate surface area is 176 Å². The summed E-state index contributed by atoms with van der Waals surface area (Å²) in [7, 11) is 4.11. The van der Waals surface area contributed by atoms with Gasteiger partial charge in [0.05, 0.1) is 6.04 Å². The molecule has 1 aliphatic heterocycles. The SMILES string of the molecule is CN1CCN(C(CNC(=O)C(=O)NCc2ccc(Cl)cc2)c2cccn2C)CC1. The molecule has 8 heteroatoms. The summed E-state index contributed by atoms with van der Waals surface area (Å²) >= 11 is 5.86. The summed E-state index contributed by atoms with van der Waals surface area (Å²) in [6.07, 6.45) is 2.00. The monoisotopic (exact) mass is 417 g/mol. The molecular weight excluding hydrogens is 390 g/mol. The predicted octanol–water partition coefficient (Wildman–Crippen LogP) is 1.40. The minimum Gasteiger partial charge on any atom is -0.353 e. The second-order valence-electron chi connectivity index (χ2n) is 7.42. The Balaban J connectivity index is 1.56. The summed E-state index contributed by atoms with van der Waals surface area (Å²) in [5.41, 5.74) is 2.01. The Morgan fingerprint density at radius 3 is 2.28 bits per heavy atom. The van der Waals surface area contributed by atoms with Crippen LogP contribution in [0.1, 0.15) is 17.3 Å². The lowest BCUT2D eigenvalue weighted by Gasteiger charge is -2.38. The quantitative estimate of drug-likeness (QED) is 0.697. The standard InChI is InChI=1S/C21H28ClN5O2/c1-25-10-12-27(13-11-25)19(18-4-3-9-26(18)2)15-24-21(29)20(28)23-14-16-5-7-17(22)8-6-16/h3-9,19H,10-15H2,1-2H3,(H,23,28)(H,24,29). The van der Waals surface area contributed by atoms with Crippen LogP contribution in [0.25, 0.3) is 0 Å². The summed E-state index contributed by atoms with van der Waals surface area (Å²) in [6.45, 7) is 4.47. The Morgan fingerprint density at radius 2 is 1.66 bits per heavy atom. The molecule has 1 fully saturated rings. The number of halogens is 1. The minimum atomic E-state index is -0.635. The van der Waals surface area contributed by atoms with Gasteiger partial charge in [0.15, 0.2) is 0 Å². The van der Waals surface area contributed by atoms with Gasteiger partial charge in [-0.2, -0.15) is 0 Å². The van der Waals surface area contributed by atoms with Crippen molar-refractivity contribution in [3.8, 4) is 0 Å². The highest BCUT2D eigenvalue weighted by Gasteiger charge is 2.26. The van der Waals surface area contributed by atoms with Crippen molar-refractivity contribution >= 4 is 23.4 Å². The first kappa shape index (κ1) is 21.4. The van der Waals surface area contributed by atoms with E-state index in [1.807, 2.05) is 31.4 Å². The van der Waals surface area contributed by atoms with E-state index in [1.165, 1.54) is 0 Å². The van der Waals surface area contributed by atoms with Gasteiger partial charge in [-0.25, -0.2) is 0 Å². The van der Waals surface area contributed by atoms with Crippen LogP contribution in [0.2, 0.25) is 5.02 Å². The Bertz CT molecular complexity index is 828. The molecule has 2 amide bonds. The third kappa shape index (κ3) is 5.82. The predicted molar refractivity (Wildman–Crippen MR) is 114 cm³/mol. The Kier molecular flexibility index (Phi) is 7.30. The van der Waals surface area contributed by atoms with Crippen LogP contribution in [0.3, 0.4) is 0 Å². The second-order valence-corrected chi connectivity index (χ2v) is 7.85. The zero-order valence-electron chi connectivity index (χ0n) is 16.9. The fourth-order valence-electron chi connectivity index (χ4n) is 3.51. The lowest BCUT2D eigenvalue weighted by atomic mass is 10.1. The van der Waals surface area contributed by atoms with Crippen LogP contribution < -0.4 is 10.6 Å². The maximum Gasteiger partial charge on any atom is 0.309 e. The fraction of sp³-hybridized carbons (Fsp3) is 0.429. The third-order valence-corrected chi connectivity index (χ3v) is 5.58. The second kappa shape index (κ2) is 9.91. The van der Waals surface area contributed by atoms with Crippen LogP contribution in [0.5, 0.6) is 0 Å². The van der Waals surface area contributed by atoms with E-state index in [0.29, 0.717) is 11.6 Å². The molecule has 0 saturated carbocycles. The van der Waals surface area contributed by atoms with Gasteiger partial charge in [-0.15, -0.1) is 0 Å². The molecule has 0 spiro atoms. The highest BCUT2D eigenvalue weighted by atomic mass is 35.5. The summed E-state index contributed by atoms with van der Waals surface area (Å²) in [6, 6.07) is 11.2. The topological polar surface area (TPSA) is 69.6 Å². The van der Waals surface area contributed by atoms with Gasteiger partial charge >= 0.3 is 11.8 Å². The largest absolute Gasteiger partial charge is 0.353 e. The van der Waals surface area contributed by atoms with Gasteiger partial charge in [0, 0.05) is 63.2 Å². The van der Waals surface area contributed by atoms with E-state index >= 15 is 0 Å². The van der Waals surface area contributed by atoms with Gasteiger partial charge in [0.25, 0.3) is 0 Å². The lowest BCUT2D eigenvalue weighted by Crippen LogP contribution is -2.50. The fourth-order valence-corrected chi connectivity index (χ4v) is 3.64. The summed E-state index contributed by atoms with van der Waals surface area (Å²) in [5, 5.41) is 6.10. The van der Waals surface area contributed by atoms with Gasteiger partial charge in [0.1, 0.15) is 0 Å². The van der Waals surface area contributed by atoms with Crippen LogP contribution >= 0.6 is 11.6 Å². The van der Waals surface area contributed by atoms with Crippen molar-refractivity contribution < 1.29 is 9.59 Å². The molecule has 0 radical (unpaired) electrons. The molecule has 156 valence electrons. The van der Waals surface area contributed by atoms with Crippen molar-refractivity contribution in [2.75, 3.05) is 39.8 Å². The first-order chi connectivity index (χ1) is 13.9. The van der Waals surface area contributed by atoms with Crippen LogP contribution in [0.4, 0.5) is 0 Å². The van der Waals surface area contributed by atoms with Gasteiger partial charge in [-0.1, -0.05) is 23.7 Å². The number of aromatic nitrogens is 1. The van der Waals surface area contributed by atoms with E-state index < -0.39 is 11.8 Å². The summed E-state index contributed by atoms with van der Waals surface area (Å²) < 4.78 is 2.07. The number of hydrogen-bond acceptors (Lipinski definition) is 4. The van der Waals surface area contributed by atoms with Crippen molar-refractivity contribution in [1.29, 1.82) is 0 Å². The van der Waals surface area contributed by atoms with Crippen LogP contribution in [-0.2, 0) is 23.2 Å².